The third-order valence-corrected chi connectivity index (χ3v) is 3.82. The second-order valence-corrected chi connectivity index (χ2v) is 5.44. The molecule has 0 bridgehead atoms. The van der Waals surface area contributed by atoms with Crippen LogP contribution in [0.3, 0.4) is 0 Å². The molecule has 4 amide bonds. The molecule has 1 aromatic heterocycles. The molecule has 0 saturated carbocycles. The van der Waals surface area contributed by atoms with Crippen LogP contribution >= 0.6 is 0 Å². The van der Waals surface area contributed by atoms with Crippen LogP contribution in [-0.4, -0.2) is 35.3 Å². The predicted molar refractivity (Wildman–Crippen MR) is 86.0 cm³/mol. The van der Waals surface area contributed by atoms with Crippen LogP contribution in [0.5, 0.6) is 0 Å². The molecule has 7 heteroatoms. The average molecular weight is 327 g/mol. The summed E-state index contributed by atoms with van der Waals surface area (Å²) in [7, 11) is 0. The number of hydrogen-bond donors (Lipinski definition) is 1. The van der Waals surface area contributed by atoms with E-state index in [1.165, 1.54) is 11.2 Å². The lowest BCUT2D eigenvalue weighted by Crippen LogP contribution is -2.41. The Morgan fingerprint density at radius 3 is 2.58 bits per heavy atom. The van der Waals surface area contributed by atoms with Crippen molar-refractivity contribution in [2.45, 2.75) is 19.5 Å². The Hall–Kier alpha value is -3.09. The van der Waals surface area contributed by atoms with E-state index < -0.39 is 23.9 Å². The van der Waals surface area contributed by atoms with Crippen molar-refractivity contribution < 1.29 is 18.8 Å². The van der Waals surface area contributed by atoms with E-state index in [0.29, 0.717) is 11.4 Å². The van der Waals surface area contributed by atoms with Crippen molar-refractivity contribution >= 4 is 23.5 Å². The number of hydrogen-bond acceptors (Lipinski definition) is 4. The topological polar surface area (TPSA) is 82.9 Å². The SMILES string of the molecule is C[C@H]1C(=O)N(CC(=O)NCc2ccco2)C(=O)N1c1ccccc1. The smallest absolute Gasteiger partial charge is 0.332 e. The average Bonchev–Trinajstić information content (AvgIpc) is 3.17. The van der Waals surface area contributed by atoms with E-state index in [1.807, 2.05) is 6.07 Å². The van der Waals surface area contributed by atoms with E-state index in [0.717, 1.165) is 4.90 Å². The fourth-order valence-electron chi connectivity index (χ4n) is 2.59. The maximum Gasteiger partial charge on any atom is 0.332 e. The number of urea groups is 1. The van der Waals surface area contributed by atoms with Gasteiger partial charge in [-0.1, -0.05) is 18.2 Å². The van der Waals surface area contributed by atoms with Gasteiger partial charge in [0.05, 0.1) is 12.8 Å². The van der Waals surface area contributed by atoms with Crippen LogP contribution in [0.1, 0.15) is 12.7 Å². The highest BCUT2D eigenvalue weighted by Gasteiger charge is 2.43. The number of nitrogens with zero attached hydrogens (tertiary/aromatic N) is 2. The third kappa shape index (κ3) is 3.01. The molecule has 3 rings (SSSR count). The van der Waals surface area contributed by atoms with Crippen LogP contribution in [0.4, 0.5) is 10.5 Å². The zero-order valence-electron chi connectivity index (χ0n) is 13.1. The highest BCUT2D eigenvalue weighted by atomic mass is 16.3. The zero-order chi connectivity index (χ0) is 17.1. The van der Waals surface area contributed by atoms with E-state index in [9.17, 15) is 14.4 Å². The minimum Gasteiger partial charge on any atom is -0.467 e. The van der Waals surface area contributed by atoms with E-state index in [-0.39, 0.29) is 13.1 Å². The van der Waals surface area contributed by atoms with E-state index >= 15 is 0 Å². The molecule has 0 aliphatic carbocycles. The fraction of sp³-hybridized carbons (Fsp3) is 0.235. The summed E-state index contributed by atoms with van der Waals surface area (Å²) in [6, 6.07) is 11.2. The molecule has 1 aromatic carbocycles. The lowest BCUT2D eigenvalue weighted by molar-refractivity contribution is -0.131. The number of furan rings is 1. The first-order valence-corrected chi connectivity index (χ1v) is 7.56. The van der Waals surface area contributed by atoms with Crippen molar-refractivity contribution in [3.63, 3.8) is 0 Å². The molecule has 0 spiro atoms. The Bertz CT molecular complexity index is 742. The Morgan fingerprint density at radius 1 is 1.17 bits per heavy atom. The standard InChI is InChI=1S/C17H17N3O4/c1-12-16(22)19(11-15(21)18-10-14-8-5-9-24-14)17(23)20(12)13-6-3-2-4-7-13/h2-9,12H,10-11H2,1H3,(H,18,21)/t12-/m0/s1. The molecule has 124 valence electrons. The number of amides is 4. The molecule has 7 nitrogen and oxygen atoms in total. The molecule has 1 saturated heterocycles. The van der Waals surface area contributed by atoms with Crippen LogP contribution in [0.2, 0.25) is 0 Å². The minimum atomic E-state index is -0.641. The highest BCUT2D eigenvalue weighted by molar-refractivity contribution is 6.15. The molecular weight excluding hydrogens is 310 g/mol. The van der Waals surface area contributed by atoms with Gasteiger partial charge in [-0.05, 0) is 31.2 Å². The van der Waals surface area contributed by atoms with Gasteiger partial charge in [-0.25, -0.2) is 4.79 Å². The summed E-state index contributed by atoms with van der Waals surface area (Å²) in [6.45, 7) is 1.54. The third-order valence-electron chi connectivity index (χ3n) is 3.82. The molecule has 24 heavy (non-hydrogen) atoms. The first-order chi connectivity index (χ1) is 11.6. The van der Waals surface area contributed by atoms with Crippen molar-refractivity contribution in [2.75, 3.05) is 11.4 Å². The normalized spacial score (nSPS) is 17.5. The van der Waals surface area contributed by atoms with Crippen LogP contribution in [0.15, 0.2) is 53.1 Å². The maximum absolute atomic E-state index is 12.5. The van der Waals surface area contributed by atoms with Gasteiger partial charge in [0.1, 0.15) is 18.3 Å². The molecule has 1 aliphatic heterocycles. The first-order valence-electron chi connectivity index (χ1n) is 7.56. The number of carbonyl (C=O) groups is 3. The number of carbonyl (C=O) groups excluding carboxylic acids is 3. The lowest BCUT2D eigenvalue weighted by atomic mass is 10.2. The monoisotopic (exact) mass is 327 g/mol. The van der Waals surface area contributed by atoms with Crippen molar-refractivity contribution in [1.82, 2.24) is 10.2 Å². The van der Waals surface area contributed by atoms with Crippen LogP contribution in [-0.2, 0) is 16.1 Å². The van der Waals surface area contributed by atoms with Gasteiger partial charge in [-0.2, -0.15) is 0 Å². The van der Waals surface area contributed by atoms with Gasteiger partial charge < -0.3 is 9.73 Å². The molecule has 1 fully saturated rings. The minimum absolute atomic E-state index is 0.208. The molecule has 1 atom stereocenters. The molecular formula is C17H17N3O4. The quantitative estimate of drug-likeness (QED) is 0.848. The largest absolute Gasteiger partial charge is 0.467 e. The molecule has 1 N–H and O–H groups in total. The molecule has 1 aliphatic rings. The summed E-state index contributed by atoms with van der Waals surface area (Å²) in [6.07, 6.45) is 1.51. The summed E-state index contributed by atoms with van der Waals surface area (Å²) < 4.78 is 5.12. The van der Waals surface area contributed by atoms with Gasteiger partial charge in [0.15, 0.2) is 0 Å². The van der Waals surface area contributed by atoms with Crippen LogP contribution < -0.4 is 10.2 Å². The highest BCUT2D eigenvalue weighted by Crippen LogP contribution is 2.25. The van der Waals surface area contributed by atoms with Crippen LogP contribution in [0, 0.1) is 0 Å². The van der Waals surface area contributed by atoms with Crippen LogP contribution in [0.25, 0.3) is 0 Å². The fourth-order valence-corrected chi connectivity index (χ4v) is 2.59. The second kappa shape index (κ2) is 6.57. The number of para-hydroxylation sites is 1. The second-order valence-electron chi connectivity index (χ2n) is 5.44. The summed E-state index contributed by atoms with van der Waals surface area (Å²) >= 11 is 0. The van der Waals surface area contributed by atoms with Gasteiger partial charge in [0, 0.05) is 5.69 Å². The van der Waals surface area contributed by atoms with Gasteiger partial charge in [0.2, 0.25) is 5.91 Å². The number of nitrogens with one attached hydrogen (secondary N) is 1. The van der Waals surface area contributed by atoms with Gasteiger partial charge in [-0.15, -0.1) is 0 Å². The lowest BCUT2D eigenvalue weighted by Gasteiger charge is -2.19. The maximum atomic E-state index is 12.5. The molecule has 2 aromatic rings. The number of imide groups is 1. The number of rotatable bonds is 5. The van der Waals surface area contributed by atoms with Gasteiger partial charge in [-0.3, -0.25) is 19.4 Å². The summed E-state index contributed by atoms with van der Waals surface area (Å²) in [5, 5.41) is 2.63. The molecule has 2 heterocycles. The summed E-state index contributed by atoms with van der Waals surface area (Å²) in [4.78, 5) is 39.2. The number of benzene rings is 1. The predicted octanol–water partition coefficient (Wildman–Crippen LogP) is 1.75. The van der Waals surface area contributed by atoms with Gasteiger partial charge in [0.25, 0.3) is 5.91 Å². The molecule has 0 radical (unpaired) electrons. The van der Waals surface area contributed by atoms with Gasteiger partial charge >= 0.3 is 6.03 Å². The van der Waals surface area contributed by atoms with E-state index in [2.05, 4.69) is 5.32 Å². The Morgan fingerprint density at radius 2 is 1.92 bits per heavy atom. The summed E-state index contributed by atoms with van der Waals surface area (Å²) in [5.41, 5.74) is 0.627. The van der Waals surface area contributed by atoms with Crippen molar-refractivity contribution in [3.05, 3.63) is 54.5 Å². The van der Waals surface area contributed by atoms with Crippen molar-refractivity contribution in [3.8, 4) is 0 Å². The van der Waals surface area contributed by atoms with E-state index in [1.54, 1.807) is 43.3 Å². The zero-order valence-corrected chi connectivity index (χ0v) is 13.1. The van der Waals surface area contributed by atoms with Crippen molar-refractivity contribution in [1.29, 1.82) is 0 Å². The van der Waals surface area contributed by atoms with Crippen molar-refractivity contribution in [2.24, 2.45) is 0 Å². The first kappa shape index (κ1) is 15.8. The van der Waals surface area contributed by atoms with E-state index in [4.69, 9.17) is 4.42 Å². The Labute approximate surface area is 138 Å². The summed E-state index contributed by atoms with van der Waals surface area (Å²) in [5.74, 6) is -0.214. The Kier molecular flexibility index (Phi) is 4.33. The number of anilines is 1. The molecule has 0 unspecified atom stereocenters. The Balaban J connectivity index is 1.66.